The molecule has 0 radical (unpaired) electrons. The van der Waals surface area contributed by atoms with E-state index in [2.05, 4.69) is 10.3 Å². The maximum atomic E-state index is 10.8. The summed E-state index contributed by atoms with van der Waals surface area (Å²) in [6, 6.07) is 1.70. The number of hydrogen-bond acceptors (Lipinski definition) is 3. The first kappa shape index (κ1) is 12.6. The zero-order valence-corrected chi connectivity index (χ0v) is 9.83. The number of hydrogen-bond donors (Lipinski definition) is 3. The number of aromatic nitrogens is 1. The summed E-state index contributed by atoms with van der Waals surface area (Å²) in [5, 5.41) is 11.9. The van der Waals surface area contributed by atoms with Gasteiger partial charge in [-0.15, -0.1) is 0 Å². The molecular formula is C11H18N2O3. The molecule has 0 saturated carbocycles. The van der Waals surface area contributed by atoms with Crippen LogP contribution in [-0.4, -0.2) is 34.8 Å². The van der Waals surface area contributed by atoms with Crippen LogP contribution in [0.2, 0.25) is 0 Å². The molecule has 90 valence electrons. The van der Waals surface area contributed by atoms with Crippen LogP contribution in [0, 0.1) is 0 Å². The summed E-state index contributed by atoms with van der Waals surface area (Å²) in [6.45, 7) is 7.03. The van der Waals surface area contributed by atoms with Crippen LogP contribution in [0.5, 0.6) is 0 Å². The number of rotatable bonds is 6. The number of H-pyrrole nitrogens is 1. The summed E-state index contributed by atoms with van der Waals surface area (Å²) in [6.07, 6.45) is 1.60. The predicted molar refractivity (Wildman–Crippen MR) is 61.9 cm³/mol. The molecule has 0 aliphatic carbocycles. The van der Waals surface area contributed by atoms with E-state index in [0.717, 1.165) is 0 Å². The highest BCUT2D eigenvalue weighted by molar-refractivity contribution is 5.92. The van der Waals surface area contributed by atoms with Crippen LogP contribution < -0.4 is 5.32 Å². The molecule has 16 heavy (non-hydrogen) atoms. The lowest BCUT2D eigenvalue weighted by Gasteiger charge is -2.25. The van der Waals surface area contributed by atoms with Gasteiger partial charge >= 0.3 is 5.97 Å². The van der Waals surface area contributed by atoms with E-state index in [1.807, 2.05) is 20.8 Å². The van der Waals surface area contributed by atoms with E-state index in [-0.39, 0.29) is 11.3 Å². The molecule has 0 aromatic carbocycles. The summed E-state index contributed by atoms with van der Waals surface area (Å²) >= 11 is 0. The lowest BCUT2D eigenvalue weighted by molar-refractivity contribution is 0.000661. The summed E-state index contributed by atoms with van der Waals surface area (Å²) in [7, 11) is 0. The first-order valence-electron chi connectivity index (χ1n) is 5.25. The standard InChI is InChI=1S/C11H18N2O3/c1-4-16-11(2,3)7-13-8-5-6-12-9(8)10(14)15/h5-6,12-13H,4,7H2,1-3H3,(H,14,15). The summed E-state index contributed by atoms with van der Waals surface area (Å²) < 4.78 is 5.51. The van der Waals surface area contributed by atoms with E-state index in [1.54, 1.807) is 12.3 Å². The monoisotopic (exact) mass is 226 g/mol. The zero-order chi connectivity index (χ0) is 12.2. The lowest BCUT2D eigenvalue weighted by atomic mass is 10.1. The molecule has 0 bridgehead atoms. The van der Waals surface area contributed by atoms with E-state index >= 15 is 0 Å². The number of ether oxygens (including phenoxy) is 1. The van der Waals surface area contributed by atoms with Crippen molar-refractivity contribution in [3.8, 4) is 0 Å². The largest absolute Gasteiger partial charge is 0.477 e. The molecule has 0 spiro atoms. The van der Waals surface area contributed by atoms with Crippen LogP contribution in [0.15, 0.2) is 12.3 Å². The fourth-order valence-electron chi connectivity index (χ4n) is 1.44. The fraction of sp³-hybridized carbons (Fsp3) is 0.545. The van der Waals surface area contributed by atoms with Gasteiger partial charge in [0.25, 0.3) is 0 Å². The van der Waals surface area contributed by atoms with Gasteiger partial charge in [-0.25, -0.2) is 4.79 Å². The molecule has 1 rings (SSSR count). The molecule has 0 unspecified atom stereocenters. The Bertz CT molecular complexity index is 358. The van der Waals surface area contributed by atoms with Gasteiger partial charge in [0.05, 0.1) is 11.3 Å². The minimum absolute atomic E-state index is 0.173. The highest BCUT2D eigenvalue weighted by Crippen LogP contribution is 2.16. The molecule has 0 fully saturated rings. The highest BCUT2D eigenvalue weighted by Gasteiger charge is 2.19. The molecule has 5 heteroatoms. The van der Waals surface area contributed by atoms with Crippen LogP contribution in [0.25, 0.3) is 0 Å². The summed E-state index contributed by atoms with van der Waals surface area (Å²) in [4.78, 5) is 13.5. The number of anilines is 1. The van der Waals surface area contributed by atoms with E-state index < -0.39 is 5.97 Å². The molecule has 0 aliphatic rings. The molecule has 1 heterocycles. The third-order valence-electron chi connectivity index (χ3n) is 2.20. The van der Waals surface area contributed by atoms with Gasteiger partial charge in [0.15, 0.2) is 0 Å². The second-order valence-corrected chi connectivity index (χ2v) is 4.12. The summed E-state index contributed by atoms with van der Waals surface area (Å²) in [5.74, 6) is -0.971. The smallest absolute Gasteiger partial charge is 0.354 e. The second-order valence-electron chi connectivity index (χ2n) is 4.12. The first-order valence-corrected chi connectivity index (χ1v) is 5.25. The Morgan fingerprint density at radius 2 is 2.31 bits per heavy atom. The van der Waals surface area contributed by atoms with Crippen molar-refractivity contribution in [2.45, 2.75) is 26.4 Å². The average molecular weight is 226 g/mol. The topological polar surface area (TPSA) is 74.3 Å². The van der Waals surface area contributed by atoms with E-state index in [4.69, 9.17) is 9.84 Å². The maximum Gasteiger partial charge on any atom is 0.354 e. The van der Waals surface area contributed by atoms with Gasteiger partial charge in [0.2, 0.25) is 0 Å². The quantitative estimate of drug-likeness (QED) is 0.693. The van der Waals surface area contributed by atoms with Crippen LogP contribution in [0.3, 0.4) is 0 Å². The average Bonchev–Trinajstić information content (AvgIpc) is 2.62. The normalized spacial score (nSPS) is 11.4. The van der Waals surface area contributed by atoms with Crippen LogP contribution in [0.1, 0.15) is 31.3 Å². The Morgan fingerprint density at radius 1 is 1.62 bits per heavy atom. The van der Waals surface area contributed by atoms with Crippen molar-refractivity contribution < 1.29 is 14.6 Å². The number of carboxylic acids is 1. The first-order chi connectivity index (χ1) is 7.46. The van der Waals surface area contributed by atoms with Crippen molar-refractivity contribution in [2.24, 2.45) is 0 Å². The maximum absolute atomic E-state index is 10.8. The van der Waals surface area contributed by atoms with Crippen molar-refractivity contribution >= 4 is 11.7 Å². The minimum Gasteiger partial charge on any atom is -0.477 e. The van der Waals surface area contributed by atoms with Crippen LogP contribution in [-0.2, 0) is 4.74 Å². The minimum atomic E-state index is -0.971. The fourth-order valence-corrected chi connectivity index (χ4v) is 1.44. The van der Waals surface area contributed by atoms with Gasteiger partial charge in [-0.2, -0.15) is 0 Å². The second kappa shape index (κ2) is 5.03. The van der Waals surface area contributed by atoms with Crippen molar-refractivity contribution in [2.75, 3.05) is 18.5 Å². The van der Waals surface area contributed by atoms with E-state index in [9.17, 15) is 4.79 Å². The Balaban J connectivity index is 2.61. The highest BCUT2D eigenvalue weighted by atomic mass is 16.5. The molecule has 3 N–H and O–H groups in total. The lowest BCUT2D eigenvalue weighted by Crippen LogP contribution is -2.33. The van der Waals surface area contributed by atoms with Crippen molar-refractivity contribution in [1.82, 2.24) is 4.98 Å². The zero-order valence-electron chi connectivity index (χ0n) is 9.83. The Labute approximate surface area is 94.8 Å². The number of nitrogens with one attached hydrogen (secondary N) is 2. The van der Waals surface area contributed by atoms with Crippen molar-refractivity contribution in [3.05, 3.63) is 18.0 Å². The van der Waals surface area contributed by atoms with Crippen LogP contribution in [0.4, 0.5) is 5.69 Å². The molecule has 0 saturated heterocycles. The molecule has 1 aromatic heterocycles. The van der Waals surface area contributed by atoms with Gasteiger partial charge in [-0.3, -0.25) is 0 Å². The number of carboxylic acid groups (broad SMARTS) is 1. The Hall–Kier alpha value is -1.49. The number of aromatic amines is 1. The SMILES string of the molecule is CCOC(C)(C)CNc1cc[nH]c1C(=O)O. The van der Waals surface area contributed by atoms with E-state index in [0.29, 0.717) is 18.8 Å². The van der Waals surface area contributed by atoms with Crippen molar-refractivity contribution in [3.63, 3.8) is 0 Å². The third kappa shape index (κ3) is 3.27. The van der Waals surface area contributed by atoms with Gasteiger partial charge in [-0.1, -0.05) is 0 Å². The number of aromatic carboxylic acids is 1. The molecule has 5 nitrogen and oxygen atoms in total. The van der Waals surface area contributed by atoms with Gasteiger partial charge < -0.3 is 20.1 Å². The molecule has 0 atom stereocenters. The molecular weight excluding hydrogens is 208 g/mol. The molecule has 0 amide bonds. The number of carbonyl (C=O) groups is 1. The van der Waals surface area contributed by atoms with Gasteiger partial charge in [0.1, 0.15) is 5.69 Å². The molecule has 0 aliphatic heterocycles. The predicted octanol–water partition coefficient (Wildman–Crippen LogP) is 1.94. The third-order valence-corrected chi connectivity index (χ3v) is 2.20. The van der Waals surface area contributed by atoms with Crippen molar-refractivity contribution in [1.29, 1.82) is 0 Å². The Kier molecular flexibility index (Phi) is 3.95. The summed E-state index contributed by atoms with van der Waals surface area (Å²) in [5.41, 5.74) is 0.439. The van der Waals surface area contributed by atoms with Crippen LogP contribution >= 0.6 is 0 Å². The van der Waals surface area contributed by atoms with Gasteiger partial charge in [-0.05, 0) is 26.8 Å². The van der Waals surface area contributed by atoms with Gasteiger partial charge in [0, 0.05) is 19.3 Å². The molecule has 1 aromatic rings. The Morgan fingerprint density at radius 3 is 2.88 bits per heavy atom. The van der Waals surface area contributed by atoms with E-state index in [1.165, 1.54) is 0 Å².